The molecular formula is C19H21Cl2N5O4S. The smallest absolute Gasteiger partial charge is 0.338 e. The maximum Gasteiger partial charge on any atom is 0.338 e. The molecule has 0 fully saturated rings. The molecule has 1 aromatic carbocycles. The molecule has 0 aliphatic rings. The van der Waals surface area contributed by atoms with Crippen molar-refractivity contribution >= 4 is 28.8 Å². The molecule has 0 spiro atoms. The highest BCUT2D eigenvalue weighted by atomic mass is 35.5. The van der Waals surface area contributed by atoms with Crippen molar-refractivity contribution in [1.82, 2.24) is 4.98 Å². The molecule has 3 N–H and O–H groups in total. The maximum atomic E-state index is 12.1. The summed E-state index contributed by atoms with van der Waals surface area (Å²) in [4.78, 5) is 30.7. The average Bonchev–Trinajstić information content (AvgIpc) is 3.03. The summed E-state index contributed by atoms with van der Waals surface area (Å²) >= 11 is 1.58. The third-order valence-electron chi connectivity index (χ3n) is 4.45. The molecule has 166 valence electrons. The number of aryl methyl sites for hydroxylation is 1. The number of nitro benzene ring substituents is 1. The van der Waals surface area contributed by atoms with E-state index in [0.717, 1.165) is 22.0 Å². The minimum atomic E-state index is -0.512. The lowest BCUT2D eigenvalue weighted by atomic mass is 10.2. The second-order valence-corrected chi connectivity index (χ2v) is 7.39. The van der Waals surface area contributed by atoms with Crippen LogP contribution in [0.15, 0.2) is 36.0 Å². The summed E-state index contributed by atoms with van der Waals surface area (Å²) in [6.45, 7) is 4.67. The predicted molar refractivity (Wildman–Crippen MR) is 105 cm³/mol. The molecule has 3 aromatic rings. The number of carbonyl (C=O) groups is 1. The molecular weight excluding hydrogens is 465 g/mol. The molecule has 12 heteroatoms. The highest BCUT2D eigenvalue weighted by Gasteiger charge is 2.20. The topological polar surface area (TPSA) is 126 Å². The Morgan fingerprint density at radius 1 is 1.29 bits per heavy atom. The molecule has 0 atom stereocenters. The summed E-state index contributed by atoms with van der Waals surface area (Å²) in [5.41, 5.74) is 10.2. The van der Waals surface area contributed by atoms with Crippen LogP contribution in [0.1, 0.15) is 32.3 Å². The van der Waals surface area contributed by atoms with Gasteiger partial charge in [0.25, 0.3) is 17.3 Å². The summed E-state index contributed by atoms with van der Waals surface area (Å²) in [6.07, 6.45) is 2.43. The van der Waals surface area contributed by atoms with Crippen molar-refractivity contribution < 1.29 is 48.8 Å². The number of rotatable bonds is 7. The van der Waals surface area contributed by atoms with Crippen LogP contribution in [0.2, 0.25) is 0 Å². The Hall–Kier alpha value is -2.82. The maximum absolute atomic E-state index is 12.1. The standard InChI is InChI=1S/C19H20N5O4S.2ClH/c1-12-17(29-11-23(12)10-15-9-21-13(2)22-18(15)20)7-8-28-19(25)14-3-5-16(6-4-14)24(26)27;;/h3-6,9,11H,7-8,10H2,1-2H3,(H2,20,21,22);2*1H/q+1;;/p-1. The first-order valence-electron chi connectivity index (χ1n) is 8.87. The zero-order valence-electron chi connectivity index (χ0n) is 16.8. The molecule has 9 nitrogen and oxygen atoms in total. The number of H-pyrrole nitrogens is 1. The molecule has 0 aliphatic carbocycles. The number of carbonyl (C=O) groups excluding carboxylic acids is 1. The van der Waals surface area contributed by atoms with Crippen LogP contribution in [0.3, 0.4) is 0 Å². The number of nitrogens with two attached hydrogens (primary N) is 1. The van der Waals surface area contributed by atoms with Gasteiger partial charge in [0.2, 0.25) is 5.51 Å². The second-order valence-electron chi connectivity index (χ2n) is 6.45. The number of esters is 1. The SMILES string of the molecule is Cc1nc(N)c(C[n+]2csc(CCOC(=O)c3ccc([N+](=O)[O-])cc3)c2C)c[nH+]1.[Cl-].[Cl-]. The largest absolute Gasteiger partial charge is 1.00 e. The first-order valence-corrected chi connectivity index (χ1v) is 9.74. The number of hydrogen-bond donors (Lipinski definition) is 1. The summed E-state index contributed by atoms with van der Waals surface area (Å²) < 4.78 is 7.38. The van der Waals surface area contributed by atoms with Crippen LogP contribution in [-0.4, -0.2) is 22.5 Å². The molecule has 0 saturated carbocycles. The number of ether oxygens (including phenoxy) is 1. The second kappa shape index (κ2) is 11.5. The number of hydrogen-bond acceptors (Lipinski definition) is 7. The van der Waals surface area contributed by atoms with Crippen molar-refractivity contribution in [3.63, 3.8) is 0 Å². The van der Waals surface area contributed by atoms with Crippen molar-refractivity contribution in [3.05, 3.63) is 73.6 Å². The summed E-state index contributed by atoms with van der Waals surface area (Å²) in [5.74, 6) is 0.753. The van der Waals surface area contributed by atoms with Crippen molar-refractivity contribution in [3.8, 4) is 0 Å². The zero-order chi connectivity index (χ0) is 21.0. The van der Waals surface area contributed by atoms with E-state index in [9.17, 15) is 14.9 Å². The molecule has 0 bridgehead atoms. The Balaban J connectivity index is 0.00000240. The number of anilines is 1. The Bertz CT molecular complexity index is 1060. The Labute approximate surface area is 195 Å². The first kappa shape index (κ1) is 26.2. The molecule has 3 rings (SSSR count). The molecule has 0 aliphatic heterocycles. The molecule has 2 heterocycles. The lowest BCUT2D eigenvalue weighted by molar-refractivity contribution is -0.690. The fourth-order valence-corrected chi connectivity index (χ4v) is 3.72. The quantitative estimate of drug-likeness (QED) is 0.156. The number of nitro groups is 1. The summed E-state index contributed by atoms with van der Waals surface area (Å²) in [7, 11) is 0. The molecule has 0 saturated heterocycles. The number of nitrogens with zero attached hydrogens (tertiary/aromatic N) is 3. The van der Waals surface area contributed by atoms with Gasteiger partial charge in [-0.1, -0.05) is 11.3 Å². The van der Waals surface area contributed by atoms with Crippen molar-refractivity contribution in [2.45, 2.75) is 26.8 Å². The number of nitrogens with one attached hydrogen (secondary N) is 1. The summed E-state index contributed by atoms with van der Waals surface area (Å²) in [5, 5.41) is 10.7. The van der Waals surface area contributed by atoms with Crippen molar-refractivity contribution in [2.24, 2.45) is 0 Å². The van der Waals surface area contributed by atoms with Crippen LogP contribution in [0.25, 0.3) is 0 Å². The highest BCUT2D eigenvalue weighted by Crippen LogP contribution is 2.15. The van der Waals surface area contributed by atoms with E-state index in [-0.39, 0.29) is 42.7 Å². The first-order chi connectivity index (χ1) is 13.8. The van der Waals surface area contributed by atoms with Crippen LogP contribution in [-0.2, 0) is 17.7 Å². The predicted octanol–water partition coefficient (Wildman–Crippen LogP) is -4.19. The Kier molecular flexibility index (Phi) is 9.76. The van der Waals surface area contributed by atoms with E-state index in [0.29, 0.717) is 18.8 Å². The number of aromatic nitrogens is 3. The number of benzene rings is 1. The highest BCUT2D eigenvalue weighted by molar-refractivity contribution is 7.09. The molecule has 0 radical (unpaired) electrons. The molecule has 0 unspecified atom stereocenters. The van der Waals surface area contributed by atoms with Crippen LogP contribution < -0.4 is 40.1 Å². The number of halogens is 2. The minimum absolute atomic E-state index is 0. The van der Waals surface area contributed by atoms with E-state index >= 15 is 0 Å². The van der Waals surface area contributed by atoms with Gasteiger partial charge in [-0.15, -0.1) is 0 Å². The van der Waals surface area contributed by atoms with E-state index in [4.69, 9.17) is 10.5 Å². The molecule has 2 aromatic heterocycles. The van der Waals surface area contributed by atoms with Crippen LogP contribution in [0, 0.1) is 24.0 Å². The van der Waals surface area contributed by atoms with Gasteiger partial charge in [0, 0.05) is 32.4 Å². The van der Waals surface area contributed by atoms with Gasteiger partial charge in [-0.2, -0.15) is 4.57 Å². The Morgan fingerprint density at radius 2 is 1.97 bits per heavy atom. The normalized spacial score (nSPS) is 10.0. The lowest BCUT2D eigenvalue weighted by Gasteiger charge is -2.04. The number of nitrogen functional groups attached to an aromatic ring is 1. The van der Waals surface area contributed by atoms with E-state index in [1.54, 1.807) is 11.3 Å². The third kappa shape index (κ3) is 6.58. The van der Waals surface area contributed by atoms with Crippen molar-refractivity contribution in [1.29, 1.82) is 0 Å². The zero-order valence-corrected chi connectivity index (χ0v) is 19.1. The monoisotopic (exact) mass is 485 g/mol. The molecule has 0 amide bonds. The number of aromatic amines is 1. The van der Waals surface area contributed by atoms with Gasteiger partial charge in [-0.3, -0.25) is 10.1 Å². The van der Waals surface area contributed by atoms with Gasteiger partial charge >= 0.3 is 5.97 Å². The van der Waals surface area contributed by atoms with E-state index < -0.39 is 10.9 Å². The molecule has 31 heavy (non-hydrogen) atoms. The van der Waals surface area contributed by atoms with Gasteiger partial charge in [0.05, 0.1) is 22.0 Å². The van der Waals surface area contributed by atoms with Crippen LogP contribution in [0.4, 0.5) is 11.5 Å². The summed E-state index contributed by atoms with van der Waals surface area (Å²) in [6, 6.07) is 5.35. The van der Waals surface area contributed by atoms with Gasteiger partial charge in [0.15, 0.2) is 12.2 Å². The van der Waals surface area contributed by atoms with E-state index in [2.05, 4.69) is 14.5 Å². The van der Waals surface area contributed by atoms with E-state index in [1.165, 1.54) is 24.3 Å². The van der Waals surface area contributed by atoms with Gasteiger partial charge < -0.3 is 35.3 Å². The van der Waals surface area contributed by atoms with E-state index in [1.807, 2.05) is 25.6 Å². The van der Waals surface area contributed by atoms with Gasteiger partial charge in [-0.05, 0) is 17.1 Å². The van der Waals surface area contributed by atoms with Gasteiger partial charge in [-0.25, -0.2) is 9.78 Å². The lowest BCUT2D eigenvalue weighted by Crippen LogP contribution is -3.00. The fourth-order valence-electron chi connectivity index (χ4n) is 2.75. The minimum Gasteiger partial charge on any atom is -1.00 e. The van der Waals surface area contributed by atoms with Crippen LogP contribution in [0.5, 0.6) is 0 Å². The number of non-ortho nitro benzene ring substituents is 1. The number of thiazole rings is 1. The van der Waals surface area contributed by atoms with Gasteiger partial charge in [0.1, 0.15) is 11.8 Å². The fraction of sp³-hybridized carbons (Fsp3) is 0.263. The van der Waals surface area contributed by atoms with Crippen molar-refractivity contribution in [2.75, 3.05) is 12.3 Å². The third-order valence-corrected chi connectivity index (χ3v) is 5.59. The average molecular weight is 486 g/mol. The van der Waals surface area contributed by atoms with Crippen LogP contribution >= 0.6 is 11.3 Å². The Morgan fingerprint density at radius 3 is 2.58 bits per heavy atom.